The van der Waals surface area contributed by atoms with Gasteiger partial charge in [-0.25, -0.2) is 0 Å². The lowest BCUT2D eigenvalue weighted by atomic mass is 10.0. The molecule has 0 spiro atoms. The predicted octanol–water partition coefficient (Wildman–Crippen LogP) is 3.77. The first-order valence-corrected chi connectivity index (χ1v) is 13.2. The van der Waals surface area contributed by atoms with Crippen LogP contribution in [0.15, 0.2) is 41.3 Å². The van der Waals surface area contributed by atoms with Gasteiger partial charge in [-0.05, 0) is 56.0 Å². The van der Waals surface area contributed by atoms with Gasteiger partial charge in [0.15, 0.2) is 0 Å². The molecule has 2 amide bonds. The van der Waals surface area contributed by atoms with Gasteiger partial charge < -0.3 is 15.1 Å². The molecule has 0 saturated carbocycles. The first-order chi connectivity index (χ1) is 15.9. The molecule has 1 heterocycles. The lowest BCUT2D eigenvalue weighted by molar-refractivity contribution is -0.900. The number of hydrogen-bond acceptors (Lipinski definition) is 3. The molecule has 0 atom stereocenters. The molecule has 0 radical (unpaired) electrons. The Morgan fingerprint density at radius 3 is 2.55 bits per heavy atom. The number of nitrogens with one attached hydrogen (secondary N) is 2. The lowest BCUT2D eigenvalue weighted by Gasteiger charge is -2.30. The second-order valence-corrected chi connectivity index (χ2v) is 10.0. The number of rotatable bonds is 11. The van der Waals surface area contributed by atoms with Crippen LogP contribution in [-0.4, -0.2) is 43.7 Å². The van der Waals surface area contributed by atoms with Crippen molar-refractivity contribution in [2.45, 2.75) is 58.4 Å². The molecular formula is C27H38N3O2S+. The van der Waals surface area contributed by atoms with Crippen molar-refractivity contribution < 1.29 is 14.5 Å². The molecule has 6 heteroatoms. The van der Waals surface area contributed by atoms with Crippen LogP contribution in [0.5, 0.6) is 0 Å². The van der Waals surface area contributed by atoms with E-state index in [4.69, 9.17) is 0 Å². The molecule has 2 aromatic rings. The number of hydrogen-bond donors (Lipinski definition) is 2. The smallest absolute Gasteiger partial charge is 0.251 e. The molecule has 0 saturated heterocycles. The maximum absolute atomic E-state index is 12.8. The summed E-state index contributed by atoms with van der Waals surface area (Å²) in [6.07, 6.45) is 3.34. The van der Waals surface area contributed by atoms with Crippen LogP contribution < -0.4 is 15.1 Å². The summed E-state index contributed by atoms with van der Waals surface area (Å²) in [5.41, 5.74) is 4.94. The Labute approximate surface area is 202 Å². The van der Waals surface area contributed by atoms with Crippen molar-refractivity contribution in [2.75, 3.05) is 36.8 Å². The van der Waals surface area contributed by atoms with Gasteiger partial charge in [0, 0.05) is 23.4 Å². The van der Waals surface area contributed by atoms with Gasteiger partial charge in [-0.15, -0.1) is 11.8 Å². The summed E-state index contributed by atoms with van der Waals surface area (Å²) < 4.78 is 0. The molecule has 178 valence electrons. The molecule has 0 unspecified atom stereocenters. The third-order valence-corrected chi connectivity index (χ3v) is 7.24. The Bertz CT molecular complexity index is 970. The lowest BCUT2D eigenvalue weighted by Crippen LogP contribution is -3.12. The molecule has 2 N–H and O–H groups in total. The van der Waals surface area contributed by atoms with Crippen LogP contribution >= 0.6 is 11.8 Å². The van der Waals surface area contributed by atoms with Gasteiger partial charge in [-0.2, -0.15) is 0 Å². The van der Waals surface area contributed by atoms with Gasteiger partial charge in [0.2, 0.25) is 5.91 Å². The van der Waals surface area contributed by atoms with Crippen molar-refractivity contribution in [2.24, 2.45) is 0 Å². The normalized spacial score (nSPS) is 13.4. The van der Waals surface area contributed by atoms with Crippen molar-refractivity contribution in [3.63, 3.8) is 0 Å². The summed E-state index contributed by atoms with van der Waals surface area (Å²) in [5.74, 6) is 0.443. The molecule has 0 fully saturated rings. The number of benzene rings is 2. The quantitative estimate of drug-likeness (QED) is 0.494. The number of fused-ring (bicyclic) bond motifs is 1. The minimum absolute atomic E-state index is 0.0694. The van der Waals surface area contributed by atoms with E-state index in [1.807, 2.05) is 23.1 Å². The fraction of sp³-hybridized carbons (Fsp3) is 0.481. The van der Waals surface area contributed by atoms with Gasteiger partial charge in [-0.1, -0.05) is 37.6 Å². The van der Waals surface area contributed by atoms with Crippen LogP contribution in [-0.2, 0) is 11.3 Å². The average molecular weight is 469 g/mol. The van der Waals surface area contributed by atoms with Crippen molar-refractivity contribution in [1.29, 1.82) is 0 Å². The standard InChI is InChI=1S/C27H37N3O2S/c1-5-13-29(14-6-2)15-7-12-28-27(32)22-10-11-25-24(17-22)30(26(31)19-33-25)18-23-16-20(3)8-9-21(23)4/h8-11,16-17H,5-7,12-15,18-19H2,1-4H3,(H,28,32)/p+1. The van der Waals surface area contributed by atoms with Crippen molar-refractivity contribution in [3.05, 3.63) is 58.7 Å². The molecule has 0 bridgehead atoms. The molecule has 5 nitrogen and oxygen atoms in total. The second-order valence-electron chi connectivity index (χ2n) is 8.99. The van der Waals surface area contributed by atoms with Crippen molar-refractivity contribution in [1.82, 2.24) is 5.32 Å². The van der Waals surface area contributed by atoms with E-state index in [1.54, 1.807) is 16.7 Å². The Morgan fingerprint density at radius 1 is 1.06 bits per heavy atom. The number of carbonyl (C=O) groups excluding carboxylic acids is 2. The number of nitrogens with zero attached hydrogens (tertiary/aromatic N) is 1. The van der Waals surface area contributed by atoms with E-state index >= 15 is 0 Å². The van der Waals surface area contributed by atoms with Gasteiger partial charge in [0.05, 0.1) is 37.6 Å². The van der Waals surface area contributed by atoms with Crippen LogP contribution in [0.2, 0.25) is 0 Å². The molecule has 0 aliphatic carbocycles. The fourth-order valence-corrected chi connectivity index (χ4v) is 5.30. The van der Waals surface area contributed by atoms with E-state index in [9.17, 15) is 9.59 Å². The Balaban J connectivity index is 1.68. The summed E-state index contributed by atoms with van der Waals surface area (Å²) in [4.78, 5) is 30.2. The number of amides is 2. The summed E-state index contributed by atoms with van der Waals surface area (Å²) in [5, 5.41) is 3.08. The highest BCUT2D eigenvalue weighted by Crippen LogP contribution is 2.37. The van der Waals surface area contributed by atoms with Crippen molar-refractivity contribution in [3.8, 4) is 0 Å². The number of anilines is 1. The molecular weight excluding hydrogens is 430 g/mol. The zero-order valence-electron chi connectivity index (χ0n) is 20.5. The molecule has 3 rings (SSSR count). The first kappa shape index (κ1) is 25.3. The number of thioether (sulfide) groups is 1. The monoisotopic (exact) mass is 468 g/mol. The number of aryl methyl sites for hydroxylation is 2. The van der Waals surface area contributed by atoms with E-state index in [0.717, 1.165) is 29.1 Å². The van der Waals surface area contributed by atoms with Gasteiger partial charge in [0.25, 0.3) is 5.91 Å². The van der Waals surface area contributed by atoms with Gasteiger partial charge in [-0.3, -0.25) is 9.59 Å². The van der Waals surface area contributed by atoms with Crippen LogP contribution in [0.3, 0.4) is 0 Å². The van der Waals surface area contributed by atoms with Crippen LogP contribution in [0.4, 0.5) is 5.69 Å². The Kier molecular flexibility index (Phi) is 9.39. The highest BCUT2D eigenvalue weighted by Gasteiger charge is 2.26. The van der Waals surface area contributed by atoms with E-state index in [1.165, 1.54) is 37.1 Å². The zero-order chi connectivity index (χ0) is 23.8. The van der Waals surface area contributed by atoms with E-state index < -0.39 is 0 Å². The minimum atomic E-state index is -0.0694. The van der Waals surface area contributed by atoms with Gasteiger partial charge >= 0.3 is 0 Å². The van der Waals surface area contributed by atoms with Crippen molar-refractivity contribution >= 4 is 29.3 Å². The number of quaternary nitrogens is 1. The fourth-order valence-electron chi connectivity index (χ4n) is 4.38. The first-order valence-electron chi connectivity index (χ1n) is 12.2. The van der Waals surface area contributed by atoms with Gasteiger partial charge in [0.1, 0.15) is 0 Å². The zero-order valence-corrected chi connectivity index (χ0v) is 21.3. The second kappa shape index (κ2) is 12.2. The van der Waals surface area contributed by atoms with E-state index in [0.29, 0.717) is 24.4 Å². The van der Waals surface area contributed by atoms with Crippen LogP contribution in [0.1, 0.15) is 60.2 Å². The SMILES string of the molecule is CCC[NH+](CCC)CCCNC(=O)c1ccc2c(c1)N(Cc1cc(C)ccc1C)C(=O)CS2. The summed E-state index contributed by atoms with van der Waals surface area (Å²) in [6.45, 7) is 13.3. The third kappa shape index (κ3) is 6.84. The molecule has 1 aliphatic rings. The molecule has 2 aromatic carbocycles. The maximum Gasteiger partial charge on any atom is 0.251 e. The van der Waals surface area contributed by atoms with E-state index in [-0.39, 0.29) is 11.8 Å². The third-order valence-electron chi connectivity index (χ3n) is 6.20. The molecule has 33 heavy (non-hydrogen) atoms. The Morgan fingerprint density at radius 2 is 1.82 bits per heavy atom. The van der Waals surface area contributed by atoms with Crippen LogP contribution in [0.25, 0.3) is 0 Å². The highest BCUT2D eigenvalue weighted by atomic mass is 32.2. The summed E-state index contributed by atoms with van der Waals surface area (Å²) in [6, 6.07) is 12.1. The van der Waals surface area contributed by atoms with E-state index in [2.05, 4.69) is 51.2 Å². The predicted molar refractivity (Wildman–Crippen MR) is 137 cm³/mol. The number of carbonyl (C=O) groups is 2. The van der Waals surface area contributed by atoms with Crippen LogP contribution in [0, 0.1) is 13.8 Å². The minimum Gasteiger partial charge on any atom is -0.352 e. The highest BCUT2D eigenvalue weighted by molar-refractivity contribution is 8.00. The summed E-state index contributed by atoms with van der Waals surface area (Å²) >= 11 is 1.55. The average Bonchev–Trinajstić information content (AvgIpc) is 2.80. The Hall–Kier alpha value is -2.31. The molecule has 1 aliphatic heterocycles. The molecule has 0 aromatic heterocycles. The maximum atomic E-state index is 12.8. The largest absolute Gasteiger partial charge is 0.352 e. The topological polar surface area (TPSA) is 53.9 Å². The summed E-state index contributed by atoms with van der Waals surface area (Å²) in [7, 11) is 0.